The Balaban J connectivity index is 1.82. The van der Waals surface area contributed by atoms with Gasteiger partial charge in [0.15, 0.2) is 0 Å². The van der Waals surface area contributed by atoms with E-state index in [1.165, 1.54) is 0 Å². The summed E-state index contributed by atoms with van der Waals surface area (Å²) in [5.41, 5.74) is 1.95. The highest BCUT2D eigenvalue weighted by molar-refractivity contribution is 7.85. The third kappa shape index (κ3) is 5.38. The molecule has 0 atom stereocenters. The van der Waals surface area contributed by atoms with E-state index in [1.54, 1.807) is 35.0 Å². The van der Waals surface area contributed by atoms with Crippen molar-refractivity contribution in [1.82, 2.24) is 4.57 Å². The van der Waals surface area contributed by atoms with Gasteiger partial charge in [0.2, 0.25) is 0 Å². The van der Waals surface area contributed by atoms with Gasteiger partial charge in [-0.2, -0.15) is 13.7 Å². The second-order valence-electron chi connectivity index (χ2n) is 7.78. The zero-order chi connectivity index (χ0) is 21.9. The highest BCUT2D eigenvalue weighted by Crippen LogP contribution is 2.36. The maximum Gasteiger partial charge on any atom is 0.264 e. The molecule has 0 N–H and O–H groups in total. The van der Waals surface area contributed by atoms with Gasteiger partial charge in [0.25, 0.3) is 15.7 Å². The number of hydrogen-bond acceptors (Lipinski definition) is 6. The number of ether oxygens (including phenoxy) is 1. The van der Waals surface area contributed by atoms with Gasteiger partial charge in [-0.15, -0.1) is 0 Å². The lowest BCUT2D eigenvalue weighted by molar-refractivity contribution is 0.157. The van der Waals surface area contributed by atoms with Gasteiger partial charge in [0.1, 0.15) is 11.4 Å². The first-order valence-electron chi connectivity index (χ1n) is 9.61. The van der Waals surface area contributed by atoms with Gasteiger partial charge in [-0.3, -0.25) is 13.5 Å². The van der Waals surface area contributed by atoms with Crippen LogP contribution in [0.1, 0.15) is 43.4 Å². The van der Waals surface area contributed by atoms with E-state index < -0.39 is 15.7 Å². The van der Waals surface area contributed by atoms with Crippen molar-refractivity contribution >= 4 is 15.8 Å². The maximum absolute atomic E-state index is 12.8. The lowest BCUT2D eigenvalue weighted by Gasteiger charge is -2.31. The smallest absolute Gasteiger partial charge is 0.264 e. The lowest BCUT2D eigenvalue weighted by Crippen LogP contribution is -2.32. The molecule has 1 aromatic heterocycles. The number of pyridine rings is 1. The number of nitrogens with zero attached hydrogens (tertiary/aromatic N) is 2. The molecule has 1 aromatic carbocycles. The molecule has 0 saturated heterocycles. The molecule has 158 valence electrons. The second-order valence-corrected chi connectivity index (χ2v) is 9.43. The fourth-order valence-electron chi connectivity index (χ4n) is 3.32. The first kappa shape index (κ1) is 21.8. The lowest BCUT2D eigenvalue weighted by atomic mass is 9.97. The van der Waals surface area contributed by atoms with E-state index in [1.807, 2.05) is 26.0 Å². The molecule has 2 aromatic rings. The van der Waals surface area contributed by atoms with Crippen LogP contribution < -0.4 is 10.3 Å². The highest BCUT2D eigenvalue weighted by atomic mass is 32.2. The average molecular weight is 429 g/mol. The number of hydrogen-bond donors (Lipinski definition) is 0. The fourth-order valence-corrected chi connectivity index (χ4v) is 3.74. The topological polar surface area (TPSA) is 98.4 Å². The predicted molar refractivity (Wildman–Crippen MR) is 114 cm³/mol. The molecule has 30 heavy (non-hydrogen) atoms. The van der Waals surface area contributed by atoms with Crippen molar-refractivity contribution in [3.8, 4) is 11.8 Å². The summed E-state index contributed by atoms with van der Waals surface area (Å²) >= 11 is 0. The predicted octanol–water partition coefficient (Wildman–Crippen LogP) is 3.08. The van der Waals surface area contributed by atoms with Gasteiger partial charge in [-0.05, 0) is 69.0 Å². The van der Waals surface area contributed by atoms with Crippen molar-refractivity contribution in [2.24, 2.45) is 0 Å². The van der Waals surface area contributed by atoms with Gasteiger partial charge in [0, 0.05) is 17.8 Å². The number of fused-ring (bicyclic) bond motifs is 1. The molecule has 0 amide bonds. The number of nitriles is 1. The molecule has 0 saturated carbocycles. The van der Waals surface area contributed by atoms with E-state index in [0.717, 1.165) is 11.8 Å². The van der Waals surface area contributed by atoms with Crippen LogP contribution in [0.5, 0.6) is 5.75 Å². The average Bonchev–Trinajstić information content (AvgIpc) is 2.65. The SMILES string of the molecule is CC1(C)C=C(n2ccc(CCCCOS(C)(=O)=O)cc2=O)c2cc(C#N)ccc2O1. The number of unbranched alkanes of at least 4 members (excludes halogenated alkanes) is 1. The van der Waals surface area contributed by atoms with Crippen LogP contribution in [0.2, 0.25) is 0 Å². The molecule has 0 spiro atoms. The molecule has 0 bridgehead atoms. The summed E-state index contributed by atoms with van der Waals surface area (Å²) < 4.78 is 34.2. The normalized spacial score (nSPS) is 14.9. The third-order valence-electron chi connectivity index (χ3n) is 4.64. The monoisotopic (exact) mass is 428 g/mol. The summed E-state index contributed by atoms with van der Waals surface area (Å²) in [7, 11) is -3.42. The summed E-state index contributed by atoms with van der Waals surface area (Å²) in [4.78, 5) is 12.8. The van der Waals surface area contributed by atoms with Crippen molar-refractivity contribution in [2.45, 2.75) is 38.7 Å². The van der Waals surface area contributed by atoms with E-state index in [9.17, 15) is 18.5 Å². The Morgan fingerprint density at radius 3 is 2.63 bits per heavy atom. The van der Waals surface area contributed by atoms with Gasteiger partial charge < -0.3 is 4.74 Å². The Hall–Kier alpha value is -2.89. The number of rotatable bonds is 7. The van der Waals surface area contributed by atoms with E-state index >= 15 is 0 Å². The van der Waals surface area contributed by atoms with E-state index in [-0.39, 0.29) is 12.2 Å². The largest absolute Gasteiger partial charge is 0.483 e. The summed E-state index contributed by atoms with van der Waals surface area (Å²) in [5, 5.41) is 9.23. The molecule has 1 aliphatic heterocycles. The molecule has 0 fully saturated rings. The Labute approximate surface area is 176 Å². The molecule has 0 unspecified atom stereocenters. The minimum absolute atomic E-state index is 0.135. The summed E-state index contributed by atoms with van der Waals surface area (Å²) in [6.07, 6.45) is 6.55. The van der Waals surface area contributed by atoms with E-state index in [2.05, 4.69) is 6.07 Å². The van der Waals surface area contributed by atoms with Crippen LogP contribution in [-0.2, 0) is 20.7 Å². The standard InChI is InChI=1S/C22H24N2O5S/c1-22(2)14-19(18-12-17(15-23)7-8-20(18)29-22)24-10-9-16(13-21(24)25)6-4-5-11-28-30(3,26)27/h7-10,12-14H,4-6,11H2,1-3H3. The van der Waals surface area contributed by atoms with E-state index in [4.69, 9.17) is 8.92 Å². The molecule has 0 radical (unpaired) electrons. The zero-order valence-electron chi connectivity index (χ0n) is 17.2. The van der Waals surface area contributed by atoms with Crippen molar-refractivity contribution in [2.75, 3.05) is 12.9 Å². The summed E-state index contributed by atoms with van der Waals surface area (Å²) in [6, 6.07) is 10.7. The minimum atomic E-state index is -3.42. The van der Waals surface area contributed by atoms with Crippen LogP contribution in [0.4, 0.5) is 0 Å². The van der Waals surface area contributed by atoms with Gasteiger partial charge in [-0.1, -0.05) is 0 Å². The van der Waals surface area contributed by atoms with Crippen molar-refractivity contribution < 1.29 is 17.3 Å². The molecule has 7 nitrogen and oxygen atoms in total. The molecular formula is C22H24N2O5S. The van der Waals surface area contributed by atoms with Crippen LogP contribution in [-0.4, -0.2) is 31.4 Å². The molecule has 2 heterocycles. The Morgan fingerprint density at radius 1 is 1.20 bits per heavy atom. The van der Waals surface area contributed by atoms with E-state index in [0.29, 0.717) is 41.8 Å². The highest BCUT2D eigenvalue weighted by Gasteiger charge is 2.28. The first-order valence-corrected chi connectivity index (χ1v) is 11.4. The van der Waals surface area contributed by atoms with Crippen molar-refractivity contribution in [1.29, 1.82) is 5.26 Å². The van der Waals surface area contributed by atoms with Crippen LogP contribution in [0, 0.1) is 11.3 Å². The van der Waals surface area contributed by atoms with Crippen LogP contribution in [0.25, 0.3) is 5.70 Å². The fraction of sp³-hybridized carbons (Fsp3) is 0.364. The Bertz CT molecular complexity index is 1190. The molecule has 0 aliphatic carbocycles. The number of aryl methyl sites for hydroxylation is 1. The molecular weight excluding hydrogens is 404 g/mol. The Kier molecular flexibility index (Phi) is 6.15. The van der Waals surface area contributed by atoms with Crippen molar-refractivity contribution in [3.63, 3.8) is 0 Å². The van der Waals surface area contributed by atoms with Crippen molar-refractivity contribution in [3.05, 3.63) is 69.6 Å². The quantitative estimate of drug-likeness (QED) is 0.496. The Morgan fingerprint density at radius 2 is 1.97 bits per heavy atom. The zero-order valence-corrected chi connectivity index (χ0v) is 18.0. The molecule has 3 rings (SSSR count). The third-order valence-corrected chi connectivity index (χ3v) is 5.24. The van der Waals surface area contributed by atoms with Crippen LogP contribution >= 0.6 is 0 Å². The van der Waals surface area contributed by atoms with Gasteiger partial charge in [-0.25, -0.2) is 0 Å². The van der Waals surface area contributed by atoms with Crippen LogP contribution in [0.3, 0.4) is 0 Å². The summed E-state index contributed by atoms with van der Waals surface area (Å²) in [5.74, 6) is 0.623. The van der Waals surface area contributed by atoms with Gasteiger partial charge in [0.05, 0.1) is 30.2 Å². The summed E-state index contributed by atoms with van der Waals surface area (Å²) in [6.45, 7) is 3.95. The molecule has 1 aliphatic rings. The number of aromatic nitrogens is 1. The van der Waals surface area contributed by atoms with Gasteiger partial charge >= 0.3 is 0 Å². The number of benzene rings is 1. The maximum atomic E-state index is 12.8. The first-order chi connectivity index (χ1) is 14.1. The second kappa shape index (κ2) is 8.46. The molecule has 8 heteroatoms. The minimum Gasteiger partial charge on any atom is -0.483 e. The van der Waals surface area contributed by atoms with Crippen LogP contribution in [0.15, 0.2) is 47.4 Å².